The Morgan fingerprint density at radius 1 is 1.20 bits per heavy atom. The molecule has 2 saturated heterocycles. The molecule has 2 unspecified atom stereocenters. The second-order valence-corrected chi connectivity index (χ2v) is 13.5. The molecule has 11 heteroatoms. The van der Waals surface area contributed by atoms with Crippen molar-refractivity contribution in [2.45, 2.75) is 65.5 Å². The van der Waals surface area contributed by atoms with Crippen LogP contribution in [0.25, 0.3) is 11.3 Å². The van der Waals surface area contributed by atoms with Gasteiger partial charge in [0, 0.05) is 42.8 Å². The summed E-state index contributed by atoms with van der Waals surface area (Å²) < 4.78 is 50.3. The van der Waals surface area contributed by atoms with Crippen LogP contribution in [0.4, 0.5) is 10.2 Å². The number of nitrogens with zero attached hydrogens (tertiary/aromatic N) is 3. The third-order valence-corrected chi connectivity index (χ3v) is 9.62. The summed E-state index contributed by atoms with van der Waals surface area (Å²) in [6, 6.07) is 7.68. The van der Waals surface area contributed by atoms with Crippen LogP contribution < -0.4 is 19.7 Å². The SMILES string of the molecule is CNC1CCCN(S(=O)(=O)NC(=O)c2ccc(-c3cc(F)cc(OCC(C)C)c3)nc2N2CCC(C)C2(C)C)C1. The van der Waals surface area contributed by atoms with E-state index < -0.39 is 21.9 Å². The number of carbonyl (C=O) groups excluding carboxylic acids is 1. The van der Waals surface area contributed by atoms with Gasteiger partial charge in [-0.2, -0.15) is 12.7 Å². The van der Waals surface area contributed by atoms with Crippen molar-refractivity contribution in [3.63, 3.8) is 0 Å². The quantitative estimate of drug-likeness (QED) is 0.462. The number of halogens is 1. The highest BCUT2D eigenvalue weighted by atomic mass is 32.2. The third-order valence-electron chi connectivity index (χ3n) is 8.17. The molecule has 2 N–H and O–H groups in total. The first-order valence-corrected chi connectivity index (χ1v) is 15.5. The normalized spacial score (nSPS) is 21.6. The van der Waals surface area contributed by atoms with Gasteiger partial charge in [-0.3, -0.25) is 4.79 Å². The summed E-state index contributed by atoms with van der Waals surface area (Å²) in [5.74, 6) is 0.172. The molecule has 0 radical (unpaired) electrons. The van der Waals surface area contributed by atoms with Crippen LogP contribution in [0.1, 0.15) is 64.2 Å². The van der Waals surface area contributed by atoms with Gasteiger partial charge in [0.15, 0.2) is 0 Å². The van der Waals surface area contributed by atoms with Gasteiger partial charge in [-0.25, -0.2) is 14.1 Å². The number of nitrogens with one attached hydrogen (secondary N) is 2. The standard InChI is InChI=1S/C29H42FN5O4S/c1-19(2)18-39-24-15-21(14-22(30)16-24)26-10-9-25(27(32-26)35-13-11-20(3)29(35,4)5)28(36)33-40(37,38)34-12-7-8-23(17-34)31-6/h9-10,14-16,19-20,23,31H,7-8,11-13,17-18H2,1-6H3,(H,33,36). The highest BCUT2D eigenvalue weighted by Crippen LogP contribution is 2.39. The van der Waals surface area contributed by atoms with Crippen molar-refractivity contribution in [3.8, 4) is 17.0 Å². The molecule has 1 amide bonds. The molecule has 0 bridgehead atoms. The zero-order valence-electron chi connectivity index (χ0n) is 24.3. The predicted octanol–water partition coefficient (Wildman–Crippen LogP) is 4.21. The summed E-state index contributed by atoms with van der Waals surface area (Å²) in [5.41, 5.74) is 0.798. The van der Waals surface area contributed by atoms with E-state index in [2.05, 4.69) is 35.7 Å². The molecule has 220 valence electrons. The summed E-state index contributed by atoms with van der Waals surface area (Å²) >= 11 is 0. The number of rotatable bonds is 9. The number of likely N-dealkylation sites (N-methyl/N-ethyl adjacent to an activating group) is 1. The first kappa shape index (κ1) is 30.2. The Morgan fingerprint density at radius 3 is 2.60 bits per heavy atom. The van der Waals surface area contributed by atoms with Crippen molar-refractivity contribution in [1.82, 2.24) is 19.3 Å². The molecule has 4 rings (SSSR count). The Bertz CT molecular complexity index is 1330. The Labute approximate surface area is 237 Å². The second kappa shape index (κ2) is 12.0. The first-order valence-electron chi connectivity index (χ1n) is 14.0. The van der Waals surface area contributed by atoms with E-state index >= 15 is 0 Å². The highest BCUT2D eigenvalue weighted by Gasteiger charge is 2.41. The van der Waals surface area contributed by atoms with Crippen LogP contribution in [-0.4, -0.2) is 68.5 Å². The molecule has 0 aliphatic carbocycles. The Hall–Kier alpha value is -2.76. The number of aromatic nitrogens is 1. The monoisotopic (exact) mass is 575 g/mol. The topological polar surface area (TPSA) is 104 Å². The minimum absolute atomic E-state index is 0.0319. The minimum Gasteiger partial charge on any atom is -0.493 e. The van der Waals surface area contributed by atoms with E-state index in [0.717, 1.165) is 12.8 Å². The van der Waals surface area contributed by atoms with Crippen LogP contribution in [0.3, 0.4) is 0 Å². The smallest absolute Gasteiger partial charge is 0.304 e. The van der Waals surface area contributed by atoms with Crippen molar-refractivity contribution in [2.75, 3.05) is 38.2 Å². The van der Waals surface area contributed by atoms with Crippen LogP contribution in [0.15, 0.2) is 30.3 Å². The van der Waals surface area contributed by atoms with Crippen molar-refractivity contribution >= 4 is 21.9 Å². The lowest BCUT2D eigenvalue weighted by Crippen LogP contribution is -2.52. The van der Waals surface area contributed by atoms with Gasteiger partial charge in [-0.05, 0) is 76.3 Å². The maximum absolute atomic E-state index is 14.6. The summed E-state index contributed by atoms with van der Waals surface area (Å²) in [4.78, 5) is 20.4. The van der Waals surface area contributed by atoms with Crippen LogP contribution in [0, 0.1) is 17.7 Å². The van der Waals surface area contributed by atoms with E-state index in [1.165, 1.54) is 16.4 Å². The number of benzene rings is 1. The van der Waals surface area contributed by atoms with Crippen molar-refractivity contribution in [3.05, 3.63) is 41.7 Å². The fraction of sp³-hybridized carbons (Fsp3) is 0.586. The van der Waals surface area contributed by atoms with Gasteiger partial charge < -0.3 is 15.0 Å². The van der Waals surface area contributed by atoms with Crippen LogP contribution in [0.2, 0.25) is 0 Å². The van der Waals surface area contributed by atoms with E-state index in [4.69, 9.17) is 9.72 Å². The second-order valence-electron chi connectivity index (χ2n) is 11.9. The van der Waals surface area contributed by atoms with Gasteiger partial charge in [0.25, 0.3) is 5.91 Å². The number of amides is 1. The molecule has 2 aromatic rings. The molecular formula is C29H42FN5O4S. The van der Waals surface area contributed by atoms with E-state index in [9.17, 15) is 17.6 Å². The number of carbonyl (C=O) groups is 1. The maximum atomic E-state index is 14.6. The molecule has 1 aromatic carbocycles. The summed E-state index contributed by atoms with van der Waals surface area (Å²) in [6.07, 6.45) is 2.47. The molecule has 0 saturated carbocycles. The maximum Gasteiger partial charge on any atom is 0.304 e. The van der Waals surface area contributed by atoms with Gasteiger partial charge in [-0.1, -0.05) is 20.8 Å². The van der Waals surface area contributed by atoms with E-state index in [0.29, 0.717) is 61.4 Å². The number of pyridine rings is 1. The Kier molecular flexibility index (Phi) is 9.06. The average molecular weight is 576 g/mol. The zero-order chi connectivity index (χ0) is 29.2. The average Bonchev–Trinajstić information content (AvgIpc) is 3.18. The van der Waals surface area contributed by atoms with E-state index in [-0.39, 0.29) is 23.1 Å². The molecule has 1 aromatic heterocycles. The molecule has 0 spiro atoms. The summed E-state index contributed by atoms with van der Waals surface area (Å²) in [6.45, 7) is 12.1. The predicted molar refractivity (Wildman–Crippen MR) is 155 cm³/mol. The molecule has 9 nitrogen and oxygen atoms in total. The summed E-state index contributed by atoms with van der Waals surface area (Å²) in [5, 5.41) is 3.12. The number of piperidine rings is 1. The highest BCUT2D eigenvalue weighted by molar-refractivity contribution is 7.87. The zero-order valence-corrected chi connectivity index (χ0v) is 25.1. The largest absolute Gasteiger partial charge is 0.493 e. The van der Waals surface area contributed by atoms with Crippen LogP contribution in [-0.2, 0) is 10.2 Å². The lowest BCUT2D eigenvalue weighted by molar-refractivity contribution is 0.0978. The number of anilines is 1. The molecule has 2 aliphatic heterocycles. The van der Waals surface area contributed by atoms with Gasteiger partial charge in [0.05, 0.1) is 17.9 Å². The molecule has 2 atom stereocenters. The molecule has 3 heterocycles. The van der Waals surface area contributed by atoms with Gasteiger partial charge >= 0.3 is 10.2 Å². The molecule has 2 fully saturated rings. The van der Waals surface area contributed by atoms with Crippen LogP contribution in [0.5, 0.6) is 5.75 Å². The Morgan fingerprint density at radius 2 is 1.95 bits per heavy atom. The lowest BCUT2D eigenvalue weighted by Gasteiger charge is -2.37. The van der Waals surface area contributed by atoms with Gasteiger partial charge in [0.1, 0.15) is 17.4 Å². The van der Waals surface area contributed by atoms with E-state index in [1.54, 1.807) is 25.2 Å². The fourth-order valence-corrected chi connectivity index (χ4v) is 6.51. The number of hydrogen-bond donors (Lipinski definition) is 2. The Balaban J connectivity index is 1.71. The first-order chi connectivity index (χ1) is 18.8. The fourth-order valence-electron chi connectivity index (χ4n) is 5.29. The number of ether oxygens (including phenoxy) is 1. The van der Waals surface area contributed by atoms with E-state index in [1.807, 2.05) is 13.8 Å². The molecular weight excluding hydrogens is 533 g/mol. The minimum atomic E-state index is -4.06. The van der Waals surface area contributed by atoms with Crippen LogP contribution >= 0.6 is 0 Å². The van der Waals surface area contributed by atoms with Gasteiger partial charge in [0.2, 0.25) is 0 Å². The van der Waals surface area contributed by atoms with Crippen molar-refractivity contribution < 1.29 is 22.3 Å². The summed E-state index contributed by atoms with van der Waals surface area (Å²) in [7, 11) is -2.26. The van der Waals surface area contributed by atoms with Crippen molar-refractivity contribution in [1.29, 1.82) is 0 Å². The third kappa shape index (κ3) is 6.58. The lowest BCUT2D eigenvalue weighted by atomic mass is 9.90. The van der Waals surface area contributed by atoms with Crippen molar-refractivity contribution in [2.24, 2.45) is 11.8 Å². The number of hydrogen-bond acceptors (Lipinski definition) is 7. The molecule has 2 aliphatic rings. The molecule has 40 heavy (non-hydrogen) atoms. The van der Waals surface area contributed by atoms with Gasteiger partial charge in [-0.15, -0.1) is 0 Å².